The number of amides is 1. The number of carbonyl (C=O) groups excluding carboxylic acids is 1. The number of nitrogens with one attached hydrogen (secondary N) is 1. The second-order valence-corrected chi connectivity index (χ2v) is 6.87. The summed E-state index contributed by atoms with van der Waals surface area (Å²) in [4.78, 5) is 18.4. The third kappa shape index (κ3) is 5.09. The highest BCUT2D eigenvalue weighted by Crippen LogP contribution is 2.20. The van der Waals surface area contributed by atoms with Crippen LogP contribution in [-0.2, 0) is 11.3 Å². The van der Waals surface area contributed by atoms with Crippen LogP contribution in [0.1, 0.15) is 31.7 Å². The Balaban J connectivity index is 1.76. The van der Waals surface area contributed by atoms with E-state index >= 15 is 0 Å². The van der Waals surface area contributed by atoms with Gasteiger partial charge >= 0.3 is 0 Å². The summed E-state index contributed by atoms with van der Waals surface area (Å²) in [6.45, 7) is 5.20. The molecule has 7 heteroatoms. The van der Waals surface area contributed by atoms with Crippen LogP contribution in [0.15, 0.2) is 47.7 Å². The highest BCUT2D eigenvalue weighted by molar-refractivity contribution is 5.80. The Morgan fingerprint density at radius 1 is 1.37 bits per heavy atom. The first-order valence-corrected chi connectivity index (χ1v) is 9.57. The lowest BCUT2D eigenvalue weighted by molar-refractivity contribution is -0.119. The molecule has 0 spiro atoms. The van der Waals surface area contributed by atoms with Gasteiger partial charge in [-0.1, -0.05) is 18.2 Å². The molecule has 0 saturated carbocycles. The molecule has 0 radical (unpaired) electrons. The minimum absolute atomic E-state index is 0.225. The van der Waals surface area contributed by atoms with Gasteiger partial charge in [-0.3, -0.25) is 4.79 Å². The van der Waals surface area contributed by atoms with Crippen molar-refractivity contribution in [1.82, 2.24) is 20.0 Å². The van der Waals surface area contributed by atoms with Crippen molar-refractivity contribution in [2.24, 2.45) is 16.6 Å². The highest BCUT2D eigenvalue weighted by Gasteiger charge is 2.23. The van der Waals surface area contributed by atoms with E-state index in [1.165, 1.54) is 0 Å². The first kappa shape index (κ1) is 18.9. The number of carbonyl (C=O) groups is 1. The summed E-state index contributed by atoms with van der Waals surface area (Å²) in [6, 6.07) is 10.1. The number of primary amides is 1. The van der Waals surface area contributed by atoms with Crippen LogP contribution in [0, 0.1) is 5.92 Å². The molecule has 1 aliphatic heterocycles. The van der Waals surface area contributed by atoms with Crippen molar-refractivity contribution in [2.75, 3.05) is 19.6 Å². The minimum Gasteiger partial charge on any atom is -0.370 e. The van der Waals surface area contributed by atoms with Gasteiger partial charge in [-0.15, -0.1) is 0 Å². The predicted molar refractivity (Wildman–Crippen MR) is 106 cm³/mol. The van der Waals surface area contributed by atoms with E-state index in [4.69, 9.17) is 10.7 Å². The van der Waals surface area contributed by atoms with Crippen LogP contribution < -0.4 is 11.1 Å². The van der Waals surface area contributed by atoms with Gasteiger partial charge in [-0.2, -0.15) is 5.10 Å². The van der Waals surface area contributed by atoms with E-state index in [-0.39, 0.29) is 5.91 Å². The number of nitrogens with zero attached hydrogens (tertiary/aromatic N) is 4. The van der Waals surface area contributed by atoms with E-state index < -0.39 is 0 Å². The molecule has 1 atom stereocenters. The quantitative estimate of drug-likeness (QED) is 0.602. The molecule has 2 heterocycles. The number of guanidine groups is 1. The summed E-state index contributed by atoms with van der Waals surface area (Å²) in [5, 5.41) is 7.72. The Morgan fingerprint density at radius 3 is 2.96 bits per heavy atom. The third-order valence-electron chi connectivity index (χ3n) is 4.79. The molecule has 7 nitrogen and oxygen atoms in total. The van der Waals surface area contributed by atoms with E-state index in [9.17, 15) is 4.79 Å². The summed E-state index contributed by atoms with van der Waals surface area (Å²) >= 11 is 0. The van der Waals surface area contributed by atoms with Gasteiger partial charge in [0.25, 0.3) is 0 Å². The average Bonchev–Trinajstić information content (AvgIpc) is 3.19. The molecule has 27 heavy (non-hydrogen) atoms. The molecule has 144 valence electrons. The summed E-state index contributed by atoms with van der Waals surface area (Å²) in [7, 11) is 0. The lowest BCUT2D eigenvalue weighted by Gasteiger charge is -2.34. The highest BCUT2D eigenvalue weighted by atomic mass is 16.1. The van der Waals surface area contributed by atoms with E-state index in [1.807, 2.05) is 29.1 Å². The second-order valence-electron chi connectivity index (χ2n) is 6.87. The molecule has 3 N–H and O–H groups in total. The number of hydrogen-bond acceptors (Lipinski definition) is 3. The molecule has 2 aromatic rings. The van der Waals surface area contributed by atoms with Crippen molar-refractivity contribution in [1.29, 1.82) is 0 Å². The number of nitrogens with two attached hydrogens (primary N) is 1. The molecular weight excluding hydrogens is 340 g/mol. The van der Waals surface area contributed by atoms with Crippen molar-refractivity contribution in [2.45, 2.75) is 32.7 Å². The second kappa shape index (κ2) is 9.21. The normalized spacial score (nSPS) is 17.7. The van der Waals surface area contributed by atoms with E-state index in [0.717, 1.165) is 49.7 Å². The van der Waals surface area contributed by atoms with Gasteiger partial charge in [-0.25, -0.2) is 9.67 Å². The molecule has 1 aromatic heterocycles. The molecular formula is C20H28N6O. The van der Waals surface area contributed by atoms with Crippen molar-refractivity contribution in [3.63, 3.8) is 0 Å². The Hall–Kier alpha value is -2.83. The van der Waals surface area contributed by atoms with Crippen molar-refractivity contribution < 1.29 is 4.79 Å². The molecule has 1 aliphatic rings. The molecule has 0 aliphatic carbocycles. The Bertz CT molecular complexity index is 771. The van der Waals surface area contributed by atoms with Crippen LogP contribution in [0.25, 0.3) is 5.69 Å². The Kier molecular flexibility index (Phi) is 6.46. The standard InChI is InChI=1S/C20H28N6O/c1-2-22-20(25-11-5-7-16(15-25)13-19(21)27)23-14-17-8-3-4-9-18(17)26-12-6-10-24-26/h3-4,6,8-10,12,16H,2,5,7,11,13-15H2,1H3,(H2,21,27)(H,22,23). The van der Waals surface area contributed by atoms with Gasteiger partial charge < -0.3 is 16.0 Å². The van der Waals surface area contributed by atoms with Gasteiger partial charge in [0.15, 0.2) is 5.96 Å². The molecule has 1 amide bonds. The monoisotopic (exact) mass is 368 g/mol. The summed E-state index contributed by atoms with van der Waals surface area (Å²) in [6.07, 6.45) is 6.24. The zero-order chi connectivity index (χ0) is 19.1. The van der Waals surface area contributed by atoms with Crippen LogP contribution >= 0.6 is 0 Å². The molecule has 1 aromatic carbocycles. The fraction of sp³-hybridized carbons (Fsp3) is 0.450. The van der Waals surface area contributed by atoms with Gasteiger partial charge in [0.05, 0.1) is 12.2 Å². The van der Waals surface area contributed by atoms with Crippen LogP contribution in [0.4, 0.5) is 0 Å². The number of piperidine rings is 1. The first-order chi connectivity index (χ1) is 13.2. The maximum Gasteiger partial charge on any atom is 0.217 e. The van der Waals surface area contributed by atoms with E-state index in [2.05, 4.69) is 34.4 Å². The minimum atomic E-state index is -0.225. The van der Waals surface area contributed by atoms with Gasteiger partial charge in [-0.05, 0) is 43.4 Å². The first-order valence-electron chi connectivity index (χ1n) is 9.57. The number of para-hydroxylation sites is 1. The summed E-state index contributed by atoms with van der Waals surface area (Å²) in [5.41, 5.74) is 7.54. The van der Waals surface area contributed by atoms with Gasteiger partial charge in [0, 0.05) is 38.4 Å². The van der Waals surface area contributed by atoms with Gasteiger partial charge in [0.1, 0.15) is 0 Å². The SMILES string of the molecule is CCNC(=NCc1ccccc1-n1cccn1)N1CCCC(CC(N)=O)C1. The smallest absolute Gasteiger partial charge is 0.217 e. The number of hydrogen-bond donors (Lipinski definition) is 2. The van der Waals surface area contributed by atoms with Crippen molar-refractivity contribution in [3.8, 4) is 5.69 Å². The Labute approximate surface area is 160 Å². The molecule has 1 fully saturated rings. The molecule has 3 rings (SSSR count). The predicted octanol–water partition coefficient (Wildman–Crippen LogP) is 1.93. The van der Waals surface area contributed by atoms with Crippen LogP contribution in [0.3, 0.4) is 0 Å². The summed E-state index contributed by atoms with van der Waals surface area (Å²) < 4.78 is 1.86. The zero-order valence-electron chi connectivity index (χ0n) is 15.8. The number of benzene rings is 1. The van der Waals surface area contributed by atoms with Crippen molar-refractivity contribution in [3.05, 3.63) is 48.3 Å². The van der Waals surface area contributed by atoms with E-state index in [1.54, 1.807) is 6.20 Å². The molecule has 0 bridgehead atoms. The average molecular weight is 368 g/mol. The van der Waals surface area contributed by atoms with E-state index in [0.29, 0.717) is 18.9 Å². The van der Waals surface area contributed by atoms with Gasteiger partial charge in [0.2, 0.25) is 5.91 Å². The summed E-state index contributed by atoms with van der Waals surface area (Å²) in [5.74, 6) is 0.968. The third-order valence-corrected chi connectivity index (χ3v) is 4.79. The topological polar surface area (TPSA) is 88.5 Å². The molecule has 1 saturated heterocycles. The zero-order valence-corrected chi connectivity index (χ0v) is 15.8. The Morgan fingerprint density at radius 2 is 2.22 bits per heavy atom. The number of rotatable bonds is 6. The fourth-order valence-electron chi connectivity index (χ4n) is 3.57. The maximum absolute atomic E-state index is 11.3. The maximum atomic E-state index is 11.3. The number of aliphatic imine (C=N–C) groups is 1. The van der Waals surface area contributed by atoms with Crippen LogP contribution in [-0.4, -0.2) is 46.2 Å². The lowest BCUT2D eigenvalue weighted by atomic mass is 9.95. The fourth-order valence-corrected chi connectivity index (χ4v) is 3.57. The largest absolute Gasteiger partial charge is 0.370 e. The number of aromatic nitrogens is 2. The lowest BCUT2D eigenvalue weighted by Crippen LogP contribution is -2.47. The van der Waals surface area contributed by atoms with Crippen LogP contribution in [0.2, 0.25) is 0 Å². The molecule has 1 unspecified atom stereocenters. The van der Waals surface area contributed by atoms with Crippen LogP contribution in [0.5, 0.6) is 0 Å². The number of likely N-dealkylation sites (tertiary alicyclic amines) is 1. The van der Waals surface area contributed by atoms with Crippen molar-refractivity contribution >= 4 is 11.9 Å².